The van der Waals surface area contributed by atoms with E-state index in [1.54, 1.807) is 0 Å². The Bertz CT molecular complexity index is 186. The third-order valence-corrected chi connectivity index (χ3v) is 0.355. The van der Waals surface area contributed by atoms with Gasteiger partial charge in [0.25, 0.3) is 0 Å². The van der Waals surface area contributed by atoms with Crippen molar-refractivity contribution in [2.75, 3.05) is 0 Å². The molecular formula is C6HS+. The van der Waals surface area contributed by atoms with Crippen LogP contribution in [0.4, 0.5) is 0 Å². The second kappa shape index (κ2) is 5.25. The molecule has 0 saturated heterocycles. The Hall–Kier alpha value is -0.750. The zero-order valence-electron chi connectivity index (χ0n) is 3.45. The van der Waals surface area contributed by atoms with Gasteiger partial charge in [0.05, 0.1) is 0 Å². The van der Waals surface area contributed by atoms with Crippen molar-refractivity contribution in [2.45, 2.75) is 0 Å². The van der Waals surface area contributed by atoms with Crippen molar-refractivity contribution < 1.29 is 0 Å². The third-order valence-electron chi connectivity index (χ3n) is 0.243. The molecular weight excluding hydrogens is 104 g/mol. The fourth-order valence-corrected chi connectivity index (χ4v) is 0.146. The number of thiol groups is 1. The summed E-state index contributed by atoms with van der Waals surface area (Å²) in [5.41, 5.74) is 0. The van der Waals surface area contributed by atoms with Gasteiger partial charge >= 0.3 is 48.0 Å². The second-order valence-electron chi connectivity index (χ2n) is 0.612. The summed E-state index contributed by atoms with van der Waals surface area (Å²) in [7, 11) is 0. The molecule has 0 spiro atoms. The van der Waals surface area contributed by atoms with Gasteiger partial charge in [-0.2, -0.15) is 0 Å². The predicted molar refractivity (Wildman–Crippen MR) is 31.7 cm³/mol. The molecule has 0 unspecified atom stereocenters. The molecule has 0 heterocycles. The SMILES string of the molecule is [C+]#CC#CC#CS. The van der Waals surface area contributed by atoms with E-state index < -0.39 is 0 Å². The molecule has 0 aliphatic rings. The number of hydrogen-bond acceptors (Lipinski definition) is 1. The van der Waals surface area contributed by atoms with Crippen LogP contribution >= 0.6 is 12.6 Å². The van der Waals surface area contributed by atoms with E-state index in [9.17, 15) is 0 Å². The summed E-state index contributed by atoms with van der Waals surface area (Å²) in [6.45, 7) is 0. The topological polar surface area (TPSA) is 0 Å². The molecule has 0 saturated carbocycles. The zero-order valence-corrected chi connectivity index (χ0v) is 4.34. The Morgan fingerprint density at radius 2 is 1.86 bits per heavy atom. The van der Waals surface area contributed by atoms with Crippen LogP contribution in [0.15, 0.2) is 0 Å². The number of hydrogen-bond donors (Lipinski definition) is 1. The Labute approximate surface area is 48.7 Å². The summed E-state index contributed by atoms with van der Waals surface area (Å²) in [5, 5.41) is 2.25. The molecule has 0 N–H and O–H groups in total. The summed E-state index contributed by atoms with van der Waals surface area (Å²) in [5.74, 6) is 8.67. The first-order chi connectivity index (χ1) is 3.41. The summed E-state index contributed by atoms with van der Waals surface area (Å²) in [4.78, 5) is 0. The van der Waals surface area contributed by atoms with Crippen LogP contribution in [0.5, 0.6) is 0 Å². The van der Waals surface area contributed by atoms with Gasteiger partial charge < -0.3 is 0 Å². The van der Waals surface area contributed by atoms with Crippen LogP contribution in [0.25, 0.3) is 0 Å². The molecule has 0 nitrogen and oxygen atoms in total. The van der Waals surface area contributed by atoms with Gasteiger partial charge in [-0.25, -0.2) is 0 Å². The maximum absolute atomic E-state index is 6.26. The maximum atomic E-state index is 6.26. The van der Waals surface area contributed by atoms with E-state index in [2.05, 4.69) is 35.6 Å². The van der Waals surface area contributed by atoms with Crippen LogP contribution < -0.4 is 0 Å². The molecule has 7 heavy (non-hydrogen) atoms. The molecule has 0 bridgehead atoms. The van der Waals surface area contributed by atoms with Crippen molar-refractivity contribution in [2.24, 2.45) is 0 Å². The molecule has 0 amide bonds. The van der Waals surface area contributed by atoms with E-state index in [1.165, 1.54) is 0 Å². The van der Waals surface area contributed by atoms with Gasteiger partial charge in [-0.05, 0) is 0 Å². The van der Waals surface area contributed by atoms with Crippen LogP contribution in [0, 0.1) is 35.4 Å². The quantitative estimate of drug-likeness (QED) is 0.258. The van der Waals surface area contributed by atoms with E-state index >= 15 is 0 Å². The normalized spacial score (nSPS) is 3.86. The fraction of sp³-hybridized carbons (Fsp3) is 0. The van der Waals surface area contributed by atoms with Crippen molar-refractivity contribution in [3.05, 3.63) is 6.42 Å². The van der Waals surface area contributed by atoms with Crippen LogP contribution in [0.2, 0.25) is 0 Å². The predicted octanol–water partition coefficient (Wildman–Crippen LogP) is 0.470. The first-order valence-electron chi connectivity index (χ1n) is 1.47. The summed E-state index contributed by atoms with van der Waals surface area (Å²) < 4.78 is 0. The minimum atomic E-state index is 1.85. The molecule has 0 aliphatic carbocycles. The molecule has 1 heteroatoms. The first kappa shape index (κ1) is 6.25. The zero-order chi connectivity index (χ0) is 5.54. The Balaban J connectivity index is 3.68. The van der Waals surface area contributed by atoms with Crippen LogP contribution in [-0.4, -0.2) is 0 Å². The van der Waals surface area contributed by atoms with Crippen LogP contribution in [0.1, 0.15) is 0 Å². The van der Waals surface area contributed by atoms with E-state index in [0.717, 1.165) is 0 Å². The van der Waals surface area contributed by atoms with E-state index in [0.29, 0.717) is 0 Å². The molecule has 0 rings (SSSR count). The molecule has 0 radical (unpaired) electrons. The van der Waals surface area contributed by atoms with Crippen molar-refractivity contribution in [1.82, 2.24) is 0 Å². The fourth-order valence-electron chi connectivity index (χ4n) is 0.0905. The molecule has 0 aromatic heterocycles. The van der Waals surface area contributed by atoms with Gasteiger partial charge in [-0.15, -0.1) is 0 Å². The Kier molecular flexibility index (Phi) is 4.69. The van der Waals surface area contributed by atoms with Gasteiger partial charge in [0.1, 0.15) is 0 Å². The molecule has 0 fully saturated rings. The summed E-state index contributed by atoms with van der Waals surface area (Å²) in [6.07, 6.45) is 6.26. The van der Waals surface area contributed by atoms with Crippen LogP contribution in [0.3, 0.4) is 0 Å². The van der Waals surface area contributed by atoms with Crippen molar-refractivity contribution in [1.29, 1.82) is 0 Å². The monoisotopic (exact) mass is 105 g/mol. The average molecular weight is 105 g/mol. The average Bonchev–Trinajstić information content (AvgIpc) is 1.69. The van der Waals surface area contributed by atoms with Gasteiger partial charge in [0.15, 0.2) is 0 Å². The van der Waals surface area contributed by atoms with E-state index in [-0.39, 0.29) is 0 Å². The molecule has 0 aromatic carbocycles. The van der Waals surface area contributed by atoms with E-state index in [4.69, 9.17) is 6.42 Å². The standard InChI is InChI=1S/C6S/c1-2-3-4-5-6-7/p+1. The molecule has 0 atom stereocenters. The minimum absolute atomic E-state index is 1.85. The summed E-state index contributed by atoms with van der Waals surface area (Å²) >= 11 is 3.54. The second-order valence-corrected chi connectivity index (χ2v) is 0.835. The van der Waals surface area contributed by atoms with Crippen molar-refractivity contribution >= 4 is 12.6 Å². The van der Waals surface area contributed by atoms with Gasteiger partial charge in [0, 0.05) is 0 Å². The number of rotatable bonds is 0. The van der Waals surface area contributed by atoms with Crippen molar-refractivity contribution in [3.8, 4) is 28.9 Å². The van der Waals surface area contributed by atoms with Gasteiger partial charge in [0.2, 0.25) is 0 Å². The first-order valence-corrected chi connectivity index (χ1v) is 1.92. The van der Waals surface area contributed by atoms with E-state index in [1.807, 2.05) is 5.92 Å². The van der Waals surface area contributed by atoms with Crippen molar-refractivity contribution in [3.63, 3.8) is 0 Å². The molecule has 0 aromatic rings. The van der Waals surface area contributed by atoms with Crippen LogP contribution in [-0.2, 0) is 0 Å². The molecule has 0 aliphatic heterocycles. The molecule has 30 valence electrons. The summed E-state index contributed by atoms with van der Waals surface area (Å²) in [6, 6.07) is 0. The Morgan fingerprint density at radius 1 is 1.14 bits per heavy atom. The van der Waals surface area contributed by atoms with Gasteiger partial charge in [-0.1, -0.05) is 0 Å². The third kappa shape index (κ3) is 5.25. The Morgan fingerprint density at radius 3 is 2.29 bits per heavy atom. The van der Waals surface area contributed by atoms with Gasteiger partial charge in [-0.3, -0.25) is 0 Å².